The third-order valence-corrected chi connectivity index (χ3v) is 5.31. The van der Waals surface area contributed by atoms with Gasteiger partial charge in [-0.25, -0.2) is 4.79 Å². The Morgan fingerprint density at radius 3 is 2.43 bits per heavy atom. The quantitative estimate of drug-likeness (QED) is 0.470. The Kier molecular flexibility index (Phi) is 5.33. The molecule has 1 saturated heterocycles. The van der Waals surface area contributed by atoms with Crippen molar-refractivity contribution in [2.75, 3.05) is 0 Å². The van der Waals surface area contributed by atoms with Gasteiger partial charge in [0.2, 0.25) is 0 Å². The monoisotopic (exact) mass is 421 g/mol. The van der Waals surface area contributed by atoms with Gasteiger partial charge in [0.05, 0.1) is 0 Å². The smallest absolute Gasteiger partial charge is 0.326 e. The zero-order chi connectivity index (χ0) is 21.3. The summed E-state index contributed by atoms with van der Waals surface area (Å²) in [5.74, 6) is 0.318. The highest BCUT2D eigenvalue weighted by Gasteiger charge is 2.23. The summed E-state index contributed by atoms with van der Waals surface area (Å²) in [7, 11) is 0. The van der Waals surface area contributed by atoms with Crippen molar-refractivity contribution in [1.29, 1.82) is 0 Å². The number of carbonyl (C=O) groups is 2. The maximum absolute atomic E-state index is 11.8. The summed E-state index contributed by atoms with van der Waals surface area (Å²) in [5.41, 5.74) is 4.97. The third kappa shape index (κ3) is 3.95. The molecule has 0 spiro atoms. The van der Waals surface area contributed by atoms with E-state index in [2.05, 4.69) is 15.2 Å². The lowest BCUT2D eigenvalue weighted by Crippen LogP contribution is -2.22. The zero-order valence-corrected chi connectivity index (χ0v) is 17.3. The van der Waals surface area contributed by atoms with Gasteiger partial charge in [-0.15, -0.1) is 0 Å². The number of urea groups is 1. The molecular weight excluding hydrogens is 402 g/mol. The second kappa shape index (κ2) is 8.08. The Morgan fingerprint density at radius 1 is 1.03 bits per heavy atom. The maximum Gasteiger partial charge on any atom is 0.326 e. The molecule has 152 valence electrons. The lowest BCUT2D eigenvalue weighted by atomic mass is 10.2. The average Bonchev–Trinajstić information content (AvgIpc) is 3.19. The molecule has 30 heavy (non-hydrogen) atoms. The standard InChI is InChI=1S/C23H20ClN3O3/c1-14-11-17(12-21-22(28)26-23(29)25-21)15(2)27(14)18-7-9-19(10-8-18)30-13-16-5-3-4-6-20(16)24/h3-12H,13H2,1-2H3,(H2,25,26,28,29)/b21-12-. The fraction of sp³-hybridized carbons (Fsp3) is 0.130. The zero-order valence-electron chi connectivity index (χ0n) is 16.5. The summed E-state index contributed by atoms with van der Waals surface area (Å²) in [5, 5.41) is 5.40. The molecular formula is C23H20ClN3O3. The van der Waals surface area contributed by atoms with Crippen LogP contribution in [-0.2, 0) is 11.4 Å². The van der Waals surface area contributed by atoms with Crippen LogP contribution >= 0.6 is 11.6 Å². The molecule has 1 aliphatic rings. The van der Waals surface area contributed by atoms with Gasteiger partial charge in [0, 0.05) is 27.7 Å². The van der Waals surface area contributed by atoms with E-state index in [-0.39, 0.29) is 5.70 Å². The summed E-state index contributed by atoms with van der Waals surface area (Å²) in [6, 6.07) is 16.8. The number of nitrogens with zero attached hydrogens (tertiary/aromatic N) is 1. The van der Waals surface area contributed by atoms with Crippen molar-refractivity contribution in [1.82, 2.24) is 15.2 Å². The van der Waals surface area contributed by atoms with Gasteiger partial charge in [0.15, 0.2) is 0 Å². The first-order chi connectivity index (χ1) is 14.4. The van der Waals surface area contributed by atoms with Crippen molar-refractivity contribution >= 4 is 29.6 Å². The molecule has 2 heterocycles. The highest BCUT2D eigenvalue weighted by atomic mass is 35.5. The van der Waals surface area contributed by atoms with Crippen LogP contribution in [0.5, 0.6) is 5.75 Å². The molecule has 0 aliphatic carbocycles. The summed E-state index contributed by atoms with van der Waals surface area (Å²) < 4.78 is 7.93. The van der Waals surface area contributed by atoms with Crippen LogP contribution in [0, 0.1) is 13.8 Å². The van der Waals surface area contributed by atoms with Crippen LogP contribution in [0.15, 0.2) is 60.3 Å². The first-order valence-electron chi connectivity index (χ1n) is 9.42. The Balaban J connectivity index is 1.54. The molecule has 1 aromatic heterocycles. The number of rotatable bonds is 5. The van der Waals surface area contributed by atoms with Crippen LogP contribution in [0.1, 0.15) is 22.5 Å². The molecule has 3 amide bonds. The van der Waals surface area contributed by atoms with Crippen LogP contribution in [0.25, 0.3) is 11.8 Å². The minimum Gasteiger partial charge on any atom is -0.489 e. The molecule has 3 aromatic rings. The van der Waals surface area contributed by atoms with E-state index in [0.717, 1.165) is 34.0 Å². The van der Waals surface area contributed by atoms with Crippen molar-refractivity contribution in [3.05, 3.63) is 87.8 Å². The van der Waals surface area contributed by atoms with E-state index in [9.17, 15) is 9.59 Å². The van der Waals surface area contributed by atoms with Gasteiger partial charge in [-0.1, -0.05) is 29.8 Å². The first kappa shape index (κ1) is 19.8. The van der Waals surface area contributed by atoms with Crippen molar-refractivity contribution in [3.8, 4) is 11.4 Å². The second-order valence-electron chi connectivity index (χ2n) is 7.00. The molecule has 1 fully saturated rings. The summed E-state index contributed by atoms with van der Waals surface area (Å²) in [6.07, 6.45) is 1.68. The number of hydrogen-bond donors (Lipinski definition) is 2. The van der Waals surface area contributed by atoms with Gasteiger partial charge in [0.1, 0.15) is 18.1 Å². The van der Waals surface area contributed by atoms with E-state index in [0.29, 0.717) is 11.6 Å². The number of carbonyl (C=O) groups excluding carboxylic acids is 2. The molecule has 6 nitrogen and oxygen atoms in total. The number of halogens is 1. The molecule has 0 bridgehead atoms. The Hall–Kier alpha value is -3.51. The normalized spacial score (nSPS) is 14.7. The number of imide groups is 1. The summed E-state index contributed by atoms with van der Waals surface area (Å²) in [4.78, 5) is 23.1. The number of hydrogen-bond acceptors (Lipinski definition) is 3. The predicted molar refractivity (Wildman–Crippen MR) is 116 cm³/mol. The lowest BCUT2D eigenvalue weighted by molar-refractivity contribution is -0.115. The maximum atomic E-state index is 11.8. The Bertz CT molecular complexity index is 1160. The van der Waals surface area contributed by atoms with E-state index < -0.39 is 11.9 Å². The topological polar surface area (TPSA) is 72.4 Å². The molecule has 2 aromatic carbocycles. The molecule has 0 unspecified atom stereocenters. The lowest BCUT2D eigenvalue weighted by Gasteiger charge is -2.12. The Morgan fingerprint density at radius 2 is 1.77 bits per heavy atom. The largest absolute Gasteiger partial charge is 0.489 e. The van der Waals surface area contributed by atoms with E-state index in [1.54, 1.807) is 6.08 Å². The van der Waals surface area contributed by atoms with E-state index >= 15 is 0 Å². The van der Waals surface area contributed by atoms with Gasteiger partial charge < -0.3 is 14.6 Å². The molecule has 2 N–H and O–H groups in total. The van der Waals surface area contributed by atoms with Crippen molar-refractivity contribution in [2.45, 2.75) is 20.5 Å². The Labute approximate surface area is 179 Å². The molecule has 0 atom stereocenters. The summed E-state index contributed by atoms with van der Waals surface area (Å²) in [6.45, 7) is 4.35. The minimum atomic E-state index is -0.507. The van der Waals surface area contributed by atoms with E-state index in [1.165, 1.54) is 0 Å². The molecule has 0 saturated carbocycles. The van der Waals surface area contributed by atoms with Gasteiger partial charge in [-0.05, 0) is 61.9 Å². The van der Waals surface area contributed by atoms with Crippen LogP contribution in [0.2, 0.25) is 5.02 Å². The van der Waals surface area contributed by atoms with E-state index in [1.807, 2.05) is 68.4 Å². The van der Waals surface area contributed by atoms with Gasteiger partial charge in [0.25, 0.3) is 5.91 Å². The van der Waals surface area contributed by atoms with Crippen molar-refractivity contribution in [2.24, 2.45) is 0 Å². The van der Waals surface area contributed by atoms with Crippen LogP contribution < -0.4 is 15.4 Å². The highest BCUT2D eigenvalue weighted by molar-refractivity contribution is 6.31. The fourth-order valence-electron chi connectivity index (χ4n) is 3.44. The number of aromatic nitrogens is 1. The number of benzene rings is 2. The number of nitrogens with one attached hydrogen (secondary N) is 2. The third-order valence-electron chi connectivity index (χ3n) is 4.94. The van der Waals surface area contributed by atoms with Gasteiger partial charge in [-0.2, -0.15) is 0 Å². The number of amides is 3. The van der Waals surface area contributed by atoms with Crippen molar-refractivity contribution in [3.63, 3.8) is 0 Å². The molecule has 7 heteroatoms. The number of ether oxygens (including phenoxy) is 1. The highest BCUT2D eigenvalue weighted by Crippen LogP contribution is 2.25. The molecule has 1 aliphatic heterocycles. The summed E-state index contributed by atoms with van der Waals surface area (Å²) >= 11 is 6.17. The average molecular weight is 422 g/mol. The predicted octanol–water partition coefficient (Wildman–Crippen LogP) is 4.51. The SMILES string of the molecule is Cc1cc(/C=C2\NC(=O)NC2=O)c(C)n1-c1ccc(OCc2ccccc2Cl)cc1. The van der Waals surface area contributed by atoms with Crippen molar-refractivity contribution < 1.29 is 14.3 Å². The fourth-order valence-corrected chi connectivity index (χ4v) is 3.63. The molecule has 0 radical (unpaired) electrons. The number of aryl methyl sites for hydroxylation is 1. The second-order valence-corrected chi connectivity index (χ2v) is 7.41. The van der Waals surface area contributed by atoms with E-state index in [4.69, 9.17) is 16.3 Å². The molecule has 4 rings (SSSR count). The minimum absolute atomic E-state index is 0.239. The van der Waals surface area contributed by atoms with Gasteiger partial charge in [-0.3, -0.25) is 10.1 Å². The van der Waals surface area contributed by atoms with Crippen LogP contribution in [-0.4, -0.2) is 16.5 Å². The van der Waals surface area contributed by atoms with Crippen LogP contribution in [0.3, 0.4) is 0 Å². The van der Waals surface area contributed by atoms with Crippen LogP contribution in [0.4, 0.5) is 4.79 Å². The first-order valence-corrected chi connectivity index (χ1v) is 9.80. The van der Waals surface area contributed by atoms with Gasteiger partial charge >= 0.3 is 6.03 Å².